The summed E-state index contributed by atoms with van der Waals surface area (Å²) in [5.41, 5.74) is 4.51. The SMILES string of the molecule is Cc1ccc(C)c2c1NC(=O)C2NCC1CC1. The molecule has 0 aromatic heterocycles. The molecule has 3 nitrogen and oxygen atoms in total. The lowest BCUT2D eigenvalue weighted by atomic mass is 9.99. The fraction of sp³-hybridized carbons (Fsp3) is 0.500. The molecule has 1 heterocycles. The van der Waals surface area contributed by atoms with E-state index in [2.05, 4.69) is 29.7 Å². The van der Waals surface area contributed by atoms with Crippen LogP contribution in [0.5, 0.6) is 0 Å². The zero-order valence-electron chi connectivity index (χ0n) is 10.3. The first-order chi connectivity index (χ1) is 8.16. The lowest BCUT2D eigenvalue weighted by Crippen LogP contribution is -2.29. The van der Waals surface area contributed by atoms with E-state index in [0.29, 0.717) is 0 Å². The summed E-state index contributed by atoms with van der Waals surface area (Å²) in [6.45, 7) is 5.08. The molecular weight excluding hydrogens is 212 g/mol. The molecule has 0 radical (unpaired) electrons. The number of anilines is 1. The van der Waals surface area contributed by atoms with Crippen molar-refractivity contribution in [3.63, 3.8) is 0 Å². The van der Waals surface area contributed by atoms with E-state index < -0.39 is 0 Å². The standard InChI is InChI=1S/C14H18N2O/c1-8-3-4-9(2)12-11(8)13(14(17)16-12)15-7-10-5-6-10/h3-4,10,13,15H,5-7H2,1-2H3,(H,16,17). The van der Waals surface area contributed by atoms with E-state index in [9.17, 15) is 4.79 Å². The van der Waals surface area contributed by atoms with Gasteiger partial charge in [-0.05, 0) is 50.3 Å². The Labute approximate surface area is 102 Å². The zero-order valence-corrected chi connectivity index (χ0v) is 10.3. The Hall–Kier alpha value is -1.35. The number of aryl methyl sites for hydroxylation is 2. The summed E-state index contributed by atoms with van der Waals surface area (Å²) in [4.78, 5) is 12.0. The van der Waals surface area contributed by atoms with E-state index in [0.717, 1.165) is 29.3 Å². The number of benzene rings is 1. The third-order valence-corrected chi connectivity index (χ3v) is 3.78. The van der Waals surface area contributed by atoms with Crippen molar-refractivity contribution in [3.8, 4) is 0 Å². The predicted octanol–water partition coefficient (Wildman–Crippen LogP) is 2.30. The van der Waals surface area contributed by atoms with Crippen molar-refractivity contribution in [1.82, 2.24) is 5.32 Å². The maximum atomic E-state index is 12.0. The average Bonchev–Trinajstić information content (AvgIpc) is 3.05. The van der Waals surface area contributed by atoms with Crippen molar-refractivity contribution in [1.29, 1.82) is 0 Å². The Balaban J connectivity index is 1.90. The second-order valence-corrected chi connectivity index (χ2v) is 5.26. The number of hydrogen-bond donors (Lipinski definition) is 2. The molecule has 1 saturated carbocycles. The zero-order chi connectivity index (χ0) is 12.0. The molecule has 0 bridgehead atoms. The first-order valence-electron chi connectivity index (χ1n) is 6.31. The minimum absolute atomic E-state index is 0.0954. The summed E-state index contributed by atoms with van der Waals surface area (Å²) in [7, 11) is 0. The molecule has 1 atom stereocenters. The number of amides is 1. The topological polar surface area (TPSA) is 41.1 Å². The third kappa shape index (κ3) is 1.84. The summed E-state index contributed by atoms with van der Waals surface area (Å²) in [5.74, 6) is 0.884. The molecule has 1 aliphatic carbocycles. The highest BCUT2D eigenvalue weighted by molar-refractivity contribution is 6.03. The van der Waals surface area contributed by atoms with Gasteiger partial charge >= 0.3 is 0 Å². The van der Waals surface area contributed by atoms with Crippen LogP contribution in [-0.2, 0) is 4.79 Å². The van der Waals surface area contributed by atoms with E-state index in [1.807, 2.05) is 6.92 Å². The molecule has 1 aromatic carbocycles. The summed E-state index contributed by atoms with van der Waals surface area (Å²) in [6, 6.07) is 4.02. The van der Waals surface area contributed by atoms with Gasteiger partial charge in [0.2, 0.25) is 5.91 Å². The fourth-order valence-electron chi connectivity index (χ4n) is 2.50. The Kier molecular flexibility index (Phi) is 2.44. The molecule has 2 aliphatic rings. The number of nitrogens with one attached hydrogen (secondary N) is 2. The van der Waals surface area contributed by atoms with Crippen LogP contribution in [0.25, 0.3) is 0 Å². The molecule has 1 unspecified atom stereocenters. The van der Waals surface area contributed by atoms with Crippen molar-refractivity contribution in [2.75, 3.05) is 11.9 Å². The maximum absolute atomic E-state index is 12.0. The molecule has 1 fully saturated rings. The van der Waals surface area contributed by atoms with E-state index in [-0.39, 0.29) is 11.9 Å². The van der Waals surface area contributed by atoms with Gasteiger partial charge in [-0.25, -0.2) is 0 Å². The molecule has 3 rings (SSSR count). The van der Waals surface area contributed by atoms with Gasteiger partial charge in [0.05, 0.1) is 0 Å². The highest BCUT2D eigenvalue weighted by atomic mass is 16.2. The van der Waals surface area contributed by atoms with Crippen molar-refractivity contribution >= 4 is 11.6 Å². The Morgan fingerprint density at radius 3 is 2.71 bits per heavy atom. The second kappa shape index (κ2) is 3.84. The van der Waals surface area contributed by atoms with Crippen molar-refractivity contribution in [3.05, 3.63) is 28.8 Å². The predicted molar refractivity (Wildman–Crippen MR) is 68.0 cm³/mol. The van der Waals surface area contributed by atoms with Crippen molar-refractivity contribution in [2.45, 2.75) is 32.7 Å². The van der Waals surface area contributed by atoms with Crippen LogP contribution in [0.1, 0.15) is 35.6 Å². The smallest absolute Gasteiger partial charge is 0.246 e. The van der Waals surface area contributed by atoms with Crippen molar-refractivity contribution in [2.24, 2.45) is 5.92 Å². The first-order valence-corrected chi connectivity index (χ1v) is 6.31. The molecule has 17 heavy (non-hydrogen) atoms. The molecule has 0 saturated heterocycles. The summed E-state index contributed by atoms with van der Waals surface area (Å²) < 4.78 is 0. The van der Waals surface area contributed by atoms with Gasteiger partial charge in [0.15, 0.2) is 0 Å². The molecule has 0 spiro atoms. The second-order valence-electron chi connectivity index (χ2n) is 5.26. The van der Waals surface area contributed by atoms with Crippen LogP contribution in [0, 0.1) is 19.8 Å². The molecule has 1 aliphatic heterocycles. The molecule has 2 N–H and O–H groups in total. The van der Waals surface area contributed by atoms with Gasteiger partial charge in [0.1, 0.15) is 6.04 Å². The van der Waals surface area contributed by atoms with Gasteiger partial charge in [0.25, 0.3) is 0 Å². The molecule has 1 amide bonds. The van der Waals surface area contributed by atoms with Gasteiger partial charge in [-0.2, -0.15) is 0 Å². The number of hydrogen-bond acceptors (Lipinski definition) is 2. The third-order valence-electron chi connectivity index (χ3n) is 3.78. The molecule has 1 aromatic rings. The normalized spacial score (nSPS) is 22.5. The quantitative estimate of drug-likeness (QED) is 0.836. The Morgan fingerprint density at radius 2 is 2.00 bits per heavy atom. The number of fused-ring (bicyclic) bond motifs is 1. The van der Waals surface area contributed by atoms with Crippen molar-refractivity contribution < 1.29 is 4.79 Å². The highest BCUT2D eigenvalue weighted by Gasteiger charge is 2.34. The lowest BCUT2D eigenvalue weighted by molar-refractivity contribution is -0.117. The van der Waals surface area contributed by atoms with Gasteiger partial charge in [-0.1, -0.05) is 12.1 Å². The molecule has 90 valence electrons. The number of carbonyl (C=O) groups excluding carboxylic acids is 1. The number of carbonyl (C=O) groups is 1. The summed E-state index contributed by atoms with van der Waals surface area (Å²) >= 11 is 0. The minimum Gasteiger partial charge on any atom is -0.324 e. The Morgan fingerprint density at radius 1 is 1.29 bits per heavy atom. The van der Waals surface area contributed by atoms with Crippen LogP contribution in [-0.4, -0.2) is 12.5 Å². The maximum Gasteiger partial charge on any atom is 0.246 e. The van der Waals surface area contributed by atoms with Gasteiger partial charge < -0.3 is 10.6 Å². The van der Waals surface area contributed by atoms with Crippen LogP contribution in [0.3, 0.4) is 0 Å². The van der Waals surface area contributed by atoms with Crippen LogP contribution in [0.2, 0.25) is 0 Å². The summed E-state index contributed by atoms with van der Waals surface area (Å²) in [6.07, 6.45) is 2.61. The summed E-state index contributed by atoms with van der Waals surface area (Å²) in [5, 5.41) is 6.40. The average molecular weight is 230 g/mol. The largest absolute Gasteiger partial charge is 0.324 e. The van der Waals surface area contributed by atoms with Crippen LogP contribution < -0.4 is 10.6 Å². The lowest BCUT2D eigenvalue weighted by Gasteiger charge is -2.13. The van der Waals surface area contributed by atoms with E-state index in [1.54, 1.807) is 0 Å². The van der Waals surface area contributed by atoms with Crippen LogP contribution in [0.4, 0.5) is 5.69 Å². The molecular formula is C14H18N2O. The van der Waals surface area contributed by atoms with E-state index >= 15 is 0 Å². The van der Waals surface area contributed by atoms with E-state index in [4.69, 9.17) is 0 Å². The number of rotatable bonds is 3. The monoisotopic (exact) mass is 230 g/mol. The highest BCUT2D eigenvalue weighted by Crippen LogP contribution is 2.37. The van der Waals surface area contributed by atoms with Crippen LogP contribution >= 0.6 is 0 Å². The van der Waals surface area contributed by atoms with E-state index in [1.165, 1.54) is 18.4 Å². The molecule has 3 heteroatoms. The van der Waals surface area contributed by atoms with Gasteiger partial charge in [-0.15, -0.1) is 0 Å². The fourth-order valence-corrected chi connectivity index (χ4v) is 2.50. The van der Waals surface area contributed by atoms with Gasteiger partial charge in [-0.3, -0.25) is 4.79 Å². The Bertz CT molecular complexity index is 477. The minimum atomic E-state index is -0.148. The first kappa shape index (κ1) is 10.8. The van der Waals surface area contributed by atoms with Crippen LogP contribution in [0.15, 0.2) is 12.1 Å². The van der Waals surface area contributed by atoms with Gasteiger partial charge in [0, 0.05) is 11.3 Å².